The van der Waals surface area contributed by atoms with Crippen LogP contribution < -0.4 is 38.3 Å². The van der Waals surface area contributed by atoms with Crippen LogP contribution >= 0.6 is 34.5 Å². The maximum atomic E-state index is 13.4. The Bertz CT molecular complexity index is 5280. The van der Waals surface area contributed by atoms with Gasteiger partial charge in [0, 0.05) is 149 Å². The van der Waals surface area contributed by atoms with E-state index >= 15 is 0 Å². The van der Waals surface area contributed by atoms with Crippen molar-refractivity contribution >= 4 is 138 Å². The van der Waals surface area contributed by atoms with Gasteiger partial charge >= 0.3 is 0 Å². The van der Waals surface area contributed by atoms with Gasteiger partial charge in [0.2, 0.25) is 11.8 Å². The number of piperazine rings is 3. The molecule has 107 heavy (non-hydrogen) atoms. The molecule has 0 radical (unpaired) electrons. The van der Waals surface area contributed by atoms with Crippen LogP contribution in [-0.4, -0.2) is 183 Å². The largest absolute Gasteiger partial charge is 0.497 e. The third-order valence-electron chi connectivity index (χ3n) is 18.5. The number of nitrogens with one attached hydrogen (secondary N) is 3. The Morgan fingerprint density at radius 3 is 1.64 bits per heavy atom. The minimum absolute atomic E-state index is 0. The summed E-state index contributed by atoms with van der Waals surface area (Å²) in [6, 6.07) is 45.5. The van der Waals surface area contributed by atoms with Gasteiger partial charge in [0.25, 0.3) is 36.0 Å². The summed E-state index contributed by atoms with van der Waals surface area (Å²) in [5.41, 5.74) is 5.61. The molecule has 5 aromatic heterocycles. The molecule has 3 N–H and O–H groups in total. The van der Waals surface area contributed by atoms with Crippen molar-refractivity contribution in [1.82, 2.24) is 48.8 Å². The normalized spacial score (nSPS) is 15.5. The fourth-order valence-electron chi connectivity index (χ4n) is 13.0. The molecule has 6 aromatic carbocycles. The summed E-state index contributed by atoms with van der Waals surface area (Å²) in [4.78, 5) is 71.2. The van der Waals surface area contributed by atoms with Crippen LogP contribution in [-0.2, 0) is 51.0 Å². The first-order chi connectivity index (χ1) is 51.4. The zero-order valence-electron chi connectivity index (χ0n) is 59.0. The smallest absolute Gasteiger partial charge is 0.263 e. The van der Waals surface area contributed by atoms with Crippen LogP contribution in [0.3, 0.4) is 0 Å². The number of hydrogen-bond donors (Lipinski definition) is 3. The average Bonchev–Trinajstić information content (AvgIpc) is 1.71. The van der Waals surface area contributed by atoms with E-state index in [0.29, 0.717) is 92.9 Å². The van der Waals surface area contributed by atoms with Crippen molar-refractivity contribution in [3.8, 4) is 11.5 Å². The van der Waals surface area contributed by atoms with E-state index in [-0.39, 0.29) is 64.1 Å². The predicted octanol–water partition coefficient (Wildman–Crippen LogP) is 11.0. The molecule has 0 aliphatic carbocycles. The minimum atomic E-state index is -3.76. The van der Waals surface area contributed by atoms with E-state index in [0.717, 1.165) is 50.3 Å². The fourth-order valence-corrected chi connectivity index (χ4v) is 17.2. The number of sulfonamides is 3. The van der Waals surface area contributed by atoms with Crippen molar-refractivity contribution in [2.24, 2.45) is 0 Å². The number of anilines is 6. The minimum Gasteiger partial charge on any atom is -0.497 e. The Kier molecular flexibility index (Phi) is 23.8. The van der Waals surface area contributed by atoms with E-state index in [2.05, 4.69) is 64.4 Å². The topological polar surface area (TPSA) is 302 Å². The molecule has 0 spiro atoms. The Balaban J connectivity index is 0.000000161. The van der Waals surface area contributed by atoms with Crippen molar-refractivity contribution in [1.29, 1.82) is 0 Å². The van der Waals surface area contributed by atoms with E-state index in [1.54, 1.807) is 128 Å². The van der Waals surface area contributed by atoms with Crippen molar-refractivity contribution in [2.75, 3.05) is 108 Å². The lowest BCUT2D eigenvalue weighted by Gasteiger charge is -2.41. The van der Waals surface area contributed by atoms with Crippen LogP contribution in [0.4, 0.5) is 33.8 Å². The third-order valence-corrected chi connectivity index (χ3v) is 24.0. The zero-order valence-corrected chi connectivity index (χ0v) is 63.7. The molecule has 3 amide bonds. The van der Waals surface area contributed by atoms with Crippen LogP contribution in [0.15, 0.2) is 215 Å². The lowest BCUT2D eigenvalue weighted by Crippen LogP contribution is -2.54. The molecule has 33 heteroatoms. The molecule has 3 unspecified atom stereocenters. The molecular weight excluding hydrogens is 1490 g/mol. The summed E-state index contributed by atoms with van der Waals surface area (Å²) >= 11 is 13.7. The number of amides is 3. The van der Waals surface area contributed by atoms with Gasteiger partial charge in [0.05, 0.1) is 37.4 Å². The van der Waals surface area contributed by atoms with Crippen LogP contribution in [0.2, 0.25) is 10.0 Å². The number of fused-ring (bicyclic) bond motifs is 2. The summed E-state index contributed by atoms with van der Waals surface area (Å²) in [7, 11) is -9.56. The molecule has 27 nitrogen and oxygen atoms in total. The van der Waals surface area contributed by atoms with E-state index in [1.165, 1.54) is 48.5 Å². The molecule has 14 rings (SSSR count). The van der Waals surface area contributed by atoms with Gasteiger partial charge in [0.1, 0.15) is 48.4 Å². The maximum Gasteiger partial charge on any atom is 0.263 e. The molecule has 3 saturated heterocycles. The molecule has 0 saturated carbocycles. The first-order valence-electron chi connectivity index (χ1n) is 34.1. The highest BCUT2D eigenvalue weighted by Crippen LogP contribution is 2.32. The summed E-state index contributed by atoms with van der Waals surface area (Å²) in [6.45, 7) is 14.6. The molecule has 8 heterocycles. The highest BCUT2D eigenvalue weighted by atomic mass is 35.5. The number of thiazole rings is 1. The molecule has 0 bridgehead atoms. The number of carbonyl (C=O) groups excluding carboxylic acids is 3. The van der Waals surface area contributed by atoms with E-state index in [1.807, 2.05) is 83.8 Å². The number of methoxy groups -OCH3 is 1. The third kappa shape index (κ3) is 18.3. The zero-order chi connectivity index (χ0) is 75.6. The van der Waals surface area contributed by atoms with Crippen LogP contribution in [0.5, 0.6) is 11.5 Å². The van der Waals surface area contributed by atoms with Gasteiger partial charge in [-0.15, -0.1) is 11.3 Å². The van der Waals surface area contributed by atoms with Gasteiger partial charge in [-0.05, 0) is 161 Å². The summed E-state index contributed by atoms with van der Waals surface area (Å²) in [6.07, 6.45) is 8.28. The first kappa shape index (κ1) is 76.1. The van der Waals surface area contributed by atoms with Gasteiger partial charge in [-0.3, -0.25) is 28.5 Å². The summed E-state index contributed by atoms with van der Waals surface area (Å²) < 4.78 is 98.1. The Morgan fingerprint density at radius 1 is 0.579 bits per heavy atom. The highest BCUT2D eigenvalue weighted by Gasteiger charge is 2.32. The average molecular weight is 1570 g/mol. The monoisotopic (exact) mass is 1570 g/mol. The molecule has 3 fully saturated rings. The maximum absolute atomic E-state index is 13.4. The van der Waals surface area contributed by atoms with Gasteiger partial charge in [-0.1, -0.05) is 47.5 Å². The lowest BCUT2D eigenvalue weighted by atomic mass is 10.1. The molecule has 560 valence electrons. The molecule has 3 atom stereocenters. The van der Waals surface area contributed by atoms with Gasteiger partial charge in [0.15, 0.2) is 11.2 Å². The van der Waals surface area contributed by atoms with Crippen molar-refractivity contribution in [3.63, 3.8) is 0 Å². The number of aryl methyl sites for hydroxylation is 1. The number of hydrogen-bond acceptors (Lipinski definition) is 20. The van der Waals surface area contributed by atoms with Crippen LogP contribution in [0, 0.1) is 6.92 Å². The van der Waals surface area contributed by atoms with Gasteiger partial charge in [-0.2, -0.15) is 0 Å². The van der Waals surface area contributed by atoms with E-state index in [4.69, 9.17) is 32.7 Å². The SMILES string of the molecule is CC(Oc1ccccc1Cl)C(=O)N1CCN(c2ccc(S(=O)(=O)Nc3ccncn3)cc2)CC1.CC1CN(c2ccc(S(=O)(=O)Nc3nccs3)cc2)CCN1C(=O)Cn1ccc2cccc(Cl)c21.COc1ccc2c(c1)cc(C)n2C(C)C(=O)N1CCN(c2ccc(S(=O)(=O)Nc3ccncn3)cc2)CC1.[HH]. The van der Waals surface area contributed by atoms with Gasteiger partial charge < -0.3 is 48.0 Å². The van der Waals surface area contributed by atoms with E-state index in [9.17, 15) is 39.6 Å². The van der Waals surface area contributed by atoms with Crippen molar-refractivity contribution in [3.05, 3.63) is 216 Å². The first-order valence-corrected chi connectivity index (χ1v) is 40.2. The Labute approximate surface area is 636 Å². The number of aromatic nitrogens is 7. The Hall–Kier alpha value is -10.6. The van der Waals surface area contributed by atoms with Crippen LogP contribution in [0.25, 0.3) is 21.8 Å². The molecule has 11 aromatic rings. The van der Waals surface area contributed by atoms with Crippen molar-refractivity contribution in [2.45, 2.75) is 67.1 Å². The predicted molar refractivity (Wildman–Crippen MR) is 417 cm³/mol. The second-order valence-electron chi connectivity index (χ2n) is 25.4. The summed E-state index contributed by atoms with van der Waals surface area (Å²) in [5, 5.41) is 5.19. The van der Waals surface area contributed by atoms with Crippen molar-refractivity contribution < 1.29 is 50.5 Å². The lowest BCUT2D eigenvalue weighted by molar-refractivity contribution is -0.138. The van der Waals surface area contributed by atoms with Crippen LogP contribution in [0.1, 0.15) is 33.9 Å². The Morgan fingerprint density at radius 2 is 1.11 bits per heavy atom. The number of rotatable bonds is 20. The number of para-hydroxylation sites is 2. The number of nitrogens with zero attached hydrogens (tertiary/aromatic N) is 13. The van der Waals surface area contributed by atoms with Gasteiger partial charge in [-0.25, -0.2) is 50.2 Å². The van der Waals surface area contributed by atoms with E-state index < -0.39 is 36.2 Å². The number of carbonyl (C=O) groups is 3. The highest BCUT2D eigenvalue weighted by molar-refractivity contribution is 7.93. The second-order valence-corrected chi connectivity index (χ2v) is 32.2. The molecular formula is C74H80Cl2N16O11S4. The molecule has 3 aliphatic rings. The number of halogens is 2. The number of benzene rings is 6. The standard InChI is InChI=1S/C27H30N6O4S.C24H24ClN5O3S2.C23H24ClN5O4S.H2/c1-19-16-21-17-23(37-3)6-9-25(21)33(19)20(2)27(34)32-14-12-31(13-15-32)22-4-7-24(8-5-22)38(35,36)30-26-10-11-28-18-29-26;1-17-15-28(19-5-7-20(8-6-19)35(32,33)27-24-26-10-14-34-24)12-13-30(17)22(31)16-29-11-9-18-3-2-4-21(25)23(18)29;1-17(33-21-5-3-2-4-20(21)24)23(30)29-14-12-28(13-15-29)18-6-8-19(9-7-18)34(31,32)27-22-10-11-25-16-26-22;/h4-11,16-18,20H,12-15H2,1-3H3,(H,28,29,30);2-11,14,17H,12-13,15-16H2,1H3,(H,26,27);2-11,16-17H,12-15H2,1H3,(H,25,26,27);1H. The summed E-state index contributed by atoms with van der Waals surface area (Å²) in [5.74, 6) is 1.71. The second kappa shape index (κ2) is 33.5. The molecule has 3 aliphatic heterocycles. The fraction of sp³-hybridized carbons (Fsp3) is 0.270. The quantitative estimate of drug-likeness (QED) is 0.0638. The number of ether oxygens (including phenoxy) is 2.